The van der Waals surface area contributed by atoms with Gasteiger partial charge in [0.15, 0.2) is 0 Å². The maximum absolute atomic E-state index is 12.5. The molecule has 9 heteroatoms. The molecule has 0 aliphatic carbocycles. The van der Waals surface area contributed by atoms with Crippen LogP contribution in [-0.4, -0.2) is 49.3 Å². The monoisotopic (exact) mass is 348 g/mol. The van der Waals surface area contributed by atoms with Crippen molar-refractivity contribution >= 4 is 5.91 Å². The molecule has 0 aromatic carbocycles. The summed E-state index contributed by atoms with van der Waals surface area (Å²) in [5.41, 5.74) is -1.74. The zero-order valence-corrected chi connectivity index (χ0v) is 14.1. The Bertz CT molecular complexity index is 894. The minimum absolute atomic E-state index is 0.0320. The van der Waals surface area contributed by atoms with Gasteiger partial charge in [0, 0.05) is 24.9 Å². The largest absolute Gasteiger partial charge is 0.386 e. The van der Waals surface area contributed by atoms with Crippen LogP contribution in [0.2, 0.25) is 0 Å². The fourth-order valence-electron chi connectivity index (χ4n) is 3.18. The lowest BCUT2D eigenvalue weighted by Crippen LogP contribution is -2.56. The van der Waals surface area contributed by atoms with Crippen molar-refractivity contribution < 1.29 is 14.4 Å². The molecule has 1 amide bonds. The molecule has 1 aliphatic rings. The molecular formula is C16H20N4O5. The normalized spacial score (nSPS) is 23.6. The van der Waals surface area contributed by atoms with E-state index in [4.69, 9.17) is 4.52 Å². The van der Waals surface area contributed by atoms with Gasteiger partial charge in [-0.05, 0) is 19.8 Å². The van der Waals surface area contributed by atoms with Crippen molar-refractivity contribution in [3.8, 4) is 0 Å². The summed E-state index contributed by atoms with van der Waals surface area (Å²) in [7, 11) is 0. The fourth-order valence-corrected chi connectivity index (χ4v) is 3.18. The maximum Gasteiger partial charge on any atom is 0.328 e. The Morgan fingerprint density at radius 1 is 1.52 bits per heavy atom. The summed E-state index contributed by atoms with van der Waals surface area (Å²) >= 11 is 0. The number of aromatic amines is 1. The summed E-state index contributed by atoms with van der Waals surface area (Å²) in [6.07, 6.45) is 2.38. The van der Waals surface area contributed by atoms with Gasteiger partial charge in [-0.25, -0.2) is 4.79 Å². The summed E-state index contributed by atoms with van der Waals surface area (Å²) in [4.78, 5) is 39.4. The van der Waals surface area contributed by atoms with Crippen LogP contribution in [0.4, 0.5) is 0 Å². The Morgan fingerprint density at radius 2 is 2.28 bits per heavy atom. The van der Waals surface area contributed by atoms with E-state index >= 15 is 0 Å². The van der Waals surface area contributed by atoms with Gasteiger partial charge >= 0.3 is 5.69 Å². The van der Waals surface area contributed by atoms with Crippen LogP contribution in [0.1, 0.15) is 42.6 Å². The molecule has 2 atom stereocenters. The first-order chi connectivity index (χ1) is 11.8. The number of aliphatic hydroxyl groups is 1. The SMILES string of the molecule is CCc1cc(C(=O)N2CC[C@@H](n3ccc(=O)[nH]c3=O)[C@](C)(O)C2)on1. The summed E-state index contributed by atoms with van der Waals surface area (Å²) in [6, 6.07) is 2.27. The van der Waals surface area contributed by atoms with Gasteiger partial charge in [0.05, 0.1) is 18.3 Å². The predicted octanol–water partition coefficient (Wildman–Crippen LogP) is -0.0748. The molecule has 1 fully saturated rings. The van der Waals surface area contributed by atoms with Gasteiger partial charge in [-0.2, -0.15) is 0 Å². The highest BCUT2D eigenvalue weighted by atomic mass is 16.5. The average Bonchev–Trinajstić information content (AvgIpc) is 3.03. The van der Waals surface area contributed by atoms with E-state index in [9.17, 15) is 19.5 Å². The van der Waals surface area contributed by atoms with E-state index in [1.807, 2.05) is 6.92 Å². The van der Waals surface area contributed by atoms with Crippen molar-refractivity contribution in [2.24, 2.45) is 0 Å². The predicted molar refractivity (Wildman–Crippen MR) is 87.4 cm³/mol. The molecule has 2 aromatic heterocycles. The zero-order valence-electron chi connectivity index (χ0n) is 14.1. The average molecular weight is 348 g/mol. The fraction of sp³-hybridized carbons (Fsp3) is 0.500. The molecule has 0 unspecified atom stereocenters. The first-order valence-electron chi connectivity index (χ1n) is 8.10. The number of rotatable bonds is 3. The molecule has 9 nitrogen and oxygen atoms in total. The number of hydrogen-bond donors (Lipinski definition) is 2. The minimum Gasteiger partial charge on any atom is -0.386 e. The number of aromatic nitrogens is 3. The Kier molecular flexibility index (Phi) is 4.34. The van der Waals surface area contributed by atoms with E-state index in [1.165, 1.54) is 21.7 Å². The number of aryl methyl sites for hydroxylation is 1. The number of carbonyl (C=O) groups is 1. The molecule has 2 aromatic rings. The lowest BCUT2D eigenvalue weighted by Gasteiger charge is -2.43. The van der Waals surface area contributed by atoms with Crippen molar-refractivity contribution in [1.29, 1.82) is 0 Å². The second-order valence-corrected chi connectivity index (χ2v) is 6.44. The second-order valence-electron chi connectivity index (χ2n) is 6.44. The molecule has 1 saturated heterocycles. The van der Waals surface area contributed by atoms with Crippen LogP contribution in [0, 0.1) is 0 Å². The van der Waals surface area contributed by atoms with Crippen LogP contribution in [0.5, 0.6) is 0 Å². The second kappa shape index (κ2) is 6.32. The molecule has 134 valence electrons. The highest BCUT2D eigenvalue weighted by molar-refractivity contribution is 5.91. The van der Waals surface area contributed by atoms with Crippen LogP contribution in [0.3, 0.4) is 0 Å². The summed E-state index contributed by atoms with van der Waals surface area (Å²) < 4.78 is 6.36. The van der Waals surface area contributed by atoms with Gasteiger partial charge in [-0.1, -0.05) is 12.1 Å². The van der Waals surface area contributed by atoms with Gasteiger partial charge in [0.2, 0.25) is 5.76 Å². The molecular weight excluding hydrogens is 328 g/mol. The van der Waals surface area contributed by atoms with Crippen LogP contribution >= 0.6 is 0 Å². The third-order valence-electron chi connectivity index (χ3n) is 4.51. The van der Waals surface area contributed by atoms with Gasteiger partial charge in [-0.15, -0.1) is 0 Å². The van der Waals surface area contributed by atoms with E-state index in [0.29, 0.717) is 25.1 Å². The summed E-state index contributed by atoms with van der Waals surface area (Å²) in [5.74, 6) is -0.216. The first kappa shape index (κ1) is 17.2. The molecule has 3 heterocycles. The topological polar surface area (TPSA) is 121 Å². The molecule has 3 rings (SSSR count). The first-order valence-corrected chi connectivity index (χ1v) is 8.10. The molecule has 0 saturated carbocycles. The standard InChI is InChI=1S/C16H20N4O5/c1-3-10-8-11(25-18-10)14(22)19-6-4-12(16(2,24)9-19)20-7-5-13(21)17-15(20)23/h5,7-8,12,24H,3-4,6,9H2,1-2H3,(H,17,21,23)/t12-,16-/m1/s1. The van der Waals surface area contributed by atoms with E-state index in [1.54, 1.807) is 13.0 Å². The van der Waals surface area contributed by atoms with Crippen molar-refractivity contribution in [2.75, 3.05) is 13.1 Å². The molecule has 0 spiro atoms. The molecule has 1 aliphatic heterocycles. The van der Waals surface area contributed by atoms with Gasteiger partial charge in [0.25, 0.3) is 11.5 Å². The molecule has 2 N–H and O–H groups in total. The van der Waals surface area contributed by atoms with Gasteiger partial charge < -0.3 is 14.5 Å². The minimum atomic E-state index is -1.34. The number of β-amino-alcohol motifs (C(OH)–C–C–N with tert-alkyl or cyclic N) is 1. The Morgan fingerprint density at radius 3 is 2.88 bits per heavy atom. The van der Waals surface area contributed by atoms with E-state index in [-0.39, 0.29) is 18.2 Å². The zero-order chi connectivity index (χ0) is 18.2. The Hall–Kier alpha value is -2.68. The Labute approximate surface area is 142 Å². The smallest absolute Gasteiger partial charge is 0.328 e. The van der Waals surface area contributed by atoms with Crippen molar-refractivity contribution in [3.63, 3.8) is 0 Å². The number of nitrogens with zero attached hydrogens (tertiary/aromatic N) is 3. The molecule has 0 radical (unpaired) electrons. The van der Waals surface area contributed by atoms with E-state index < -0.39 is 22.9 Å². The number of nitrogens with one attached hydrogen (secondary N) is 1. The third-order valence-corrected chi connectivity index (χ3v) is 4.51. The number of piperidine rings is 1. The van der Waals surface area contributed by atoms with Crippen molar-refractivity contribution in [3.05, 3.63) is 50.6 Å². The molecule has 0 bridgehead atoms. The molecule has 25 heavy (non-hydrogen) atoms. The van der Waals surface area contributed by atoms with Gasteiger partial charge in [0.1, 0.15) is 5.60 Å². The summed E-state index contributed by atoms with van der Waals surface area (Å²) in [5, 5.41) is 14.6. The van der Waals surface area contributed by atoms with E-state index in [0.717, 1.165) is 0 Å². The lowest BCUT2D eigenvalue weighted by molar-refractivity contribution is -0.0510. The van der Waals surface area contributed by atoms with Gasteiger partial charge in [-0.3, -0.25) is 19.1 Å². The van der Waals surface area contributed by atoms with Crippen molar-refractivity contribution in [1.82, 2.24) is 19.6 Å². The Balaban J connectivity index is 1.81. The third kappa shape index (κ3) is 3.27. The van der Waals surface area contributed by atoms with Crippen LogP contribution < -0.4 is 11.2 Å². The number of amides is 1. The lowest BCUT2D eigenvalue weighted by atomic mass is 9.88. The van der Waals surface area contributed by atoms with Crippen LogP contribution in [0.25, 0.3) is 0 Å². The highest BCUT2D eigenvalue weighted by Crippen LogP contribution is 2.31. The number of H-pyrrole nitrogens is 1. The van der Waals surface area contributed by atoms with Crippen LogP contribution in [-0.2, 0) is 6.42 Å². The van der Waals surface area contributed by atoms with E-state index in [2.05, 4.69) is 10.1 Å². The number of likely N-dealkylation sites (tertiary alicyclic amines) is 1. The quantitative estimate of drug-likeness (QED) is 0.800. The summed E-state index contributed by atoms with van der Waals surface area (Å²) in [6.45, 7) is 3.84. The van der Waals surface area contributed by atoms with Crippen molar-refractivity contribution in [2.45, 2.75) is 38.3 Å². The highest BCUT2D eigenvalue weighted by Gasteiger charge is 2.41. The van der Waals surface area contributed by atoms with Crippen LogP contribution in [0.15, 0.2) is 32.4 Å². The number of hydrogen-bond acceptors (Lipinski definition) is 6. The maximum atomic E-state index is 12.5. The number of carbonyl (C=O) groups excluding carboxylic acids is 1.